The first-order valence-electron chi connectivity index (χ1n) is 14.6. The number of aliphatic hydroxyl groups excluding tert-OH is 1. The van der Waals surface area contributed by atoms with Crippen LogP contribution in [0.25, 0.3) is 0 Å². The van der Waals surface area contributed by atoms with Gasteiger partial charge in [0.25, 0.3) is 0 Å². The number of hydrogen-bond acceptors (Lipinski definition) is 7. The molecule has 1 N–H and O–H groups in total. The highest BCUT2D eigenvalue weighted by Crippen LogP contribution is 2.39. The summed E-state index contributed by atoms with van der Waals surface area (Å²) < 4.78 is 29.3. The van der Waals surface area contributed by atoms with Gasteiger partial charge in [-0.3, -0.25) is 0 Å². The summed E-state index contributed by atoms with van der Waals surface area (Å²) in [6, 6.07) is 15.4. The summed E-state index contributed by atoms with van der Waals surface area (Å²) in [7, 11) is 3.35. The smallest absolute Gasteiger partial charge is 0.142 e. The Morgan fingerprint density at radius 2 is 1.74 bits per heavy atom. The van der Waals surface area contributed by atoms with Gasteiger partial charge in [0.15, 0.2) is 0 Å². The van der Waals surface area contributed by atoms with E-state index in [0.29, 0.717) is 13.2 Å². The van der Waals surface area contributed by atoms with Gasteiger partial charge in [0.1, 0.15) is 18.5 Å². The lowest BCUT2D eigenvalue weighted by Crippen LogP contribution is -2.39. The molecule has 1 heterocycles. The van der Waals surface area contributed by atoms with Gasteiger partial charge in [-0.25, -0.2) is 0 Å². The van der Waals surface area contributed by atoms with E-state index in [1.807, 2.05) is 0 Å². The third kappa shape index (κ3) is 8.41. The van der Waals surface area contributed by atoms with Gasteiger partial charge in [-0.05, 0) is 60.9 Å². The predicted molar refractivity (Wildman–Crippen MR) is 154 cm³/mol. The second-order valence-corrected chi connectivity index (χ2v) is 10.8. The van der Waals surface area contributed by atoms with Crippen molar-refractivity contribution < 1.29 is 28.8 Å². The lowest BCUT2D eigenvalue weighted by molar-refractivity contribution is -0.0928. The first-order chi connectivity index (χ1) is 19.1. The molecule has 7 heteroatoms. The van der Waals surface area contributed by atoms with E-state index >= 15 is 0 Å². The zero-order chi connectivity index (χ0) is 27.5. The molecule has 4 rings (SSSR count). The van der Waals surface area contributed by atoms with Crippen molar-refractivity contribution in [3.05, 3.63) is 59.2 Å². The van der Waals surface area contributed by atoms with Crippen LogP contribution in [0.2, 0.25) is 0 Å². The summed E-state index contributed by atoms with van der Waals surface area (Å²) in [5.74, 6) is 1.05. The Balaban J connectivity index is 1.48. The van der Waals surface area contributed by atoms with Gasteiger partial charge in [-0.1, -0.05) is 43.7 Å². The van der Waals surface area contributed by atoms with Crippen LogP contribution in [0.15, 0.2) is 42.5 Å². The lowest BCUT2D eigenvalue weighted by Gasteiger charge is -2.39. The molecule has 4 atom stereocenters. The number of fused-ring (bicyclic) bond motifs is 1. The Hall–Kier alpha value is -2.16. The van der Waals surface area contributed by atoms with Crippen molar-refractivity contribution in [2.24, 2.45) is 0 Å². The van der Waals surface area contributed by atoms with Crippen LogP contribution >= 0.6 is 0 Å². The molecule has 0 spiro atoms. The molecule has 0 aromatic heterocycles. The summed E-state index contributed by atoms with van der Waals surface area (Å²) in [6.45, 7) is 6.57. The van der Waals surface area contributed by atoms with E-state index in [9.17, 15) is 5.11 Å². The van der Waals surface area contributed by atoms with E-state index in [2.05, 4.69) is 54.3 Å². The summed E-state index contributed by atoms with van der Waals surface area (Å²) in [5.41, 5.74) is 4.88. The van der Waals surface area contributed by atoms with Crippen LogP contribution in [0.1, 0.15) is 61.6 Å². The van der Waals surface area contributed by atoms with Crippen LogP contribution in [-0.2, 0) is 32.0 Å². The summed E-state index contributed by atoms with van der Waals surface area (Å²) in [5, 5.41) is 10.2. The fourth-order valence-corrected chi connectivity index (χ4v) is 5.84. The third-order valence-electron chi connectivity index (χ3n) is 7.77. The average Bonchev–Trinajstić information content (AvgIpc) is 2.96. The molecule has 2 aliphatic rings. The predicted octanol–water partition coefficient (Wildman–Crippen LogP) is 5.12. The van der Waals surface area contributed by atoms with E-state index < -0.39 is 6.10 Å². The minimum absolute atomic E-state index is 0.0134. The van der Waals surface area contributed by atoms with Crippen LogP contribution in [-0.4, -0.2) is 77.2 Å². The highest BCUT2D eigenvalue weighted by molar-refractivity contribution is 5.61. The Kier molecular flexibility index (Phi) is 11.9. The first-order valence-corrected chi connectivity index (χ1v) is 14.6. The SMILES string of the molecule is CCCc1ccc([C@@H]2[C@@H](OCc3ccc4c(c3)N(CCCOC)CCO4)CCC[C@H]2OC[C@H](O)COC)cc1. The van der Waals surface area contributed by atoms with Crippen LogP contribution in [0.3, 0.4) is 0 Å². The molecule has 0 amide bonds. The molecule has 39 heavy (non-hydrogen) atoms. The standard InChI is InChI=1S/C32H47NO6/c1-4-7-24-10-13-26(14-11-24)32-30(8-5-9-31(32)39-23-27(34)22-36-3)38-21-25-12-15-29-28(20-25)33(17-19-37-29)16-6-18-35-2/h10-15,20,27,30-32,34H,4-9,16-19,21-23H2,1-3H3/t27-,30+,31-,32-/m1/s1. The van der Waals surface area contributed by atoms with Crippen LogP contribution in [0.5, 0.6) is 5.75 Å². The van der Waals surface area contributed by atoms with Gasteiger partial charge in [-0.2, -0.15) is 0 Å². The maximum absolute atomic E-state index is 10.2. The van der Waals surface area contributed by atoms with Gasteiger partial charge < -0.3 is 33.7 Å². The molecule has 7 nitrogen and oxygen atoms in total. The fourth-order valence-electron chi connectivity index (χ4n) is 5.84. The number of nitrogens with zero attached hydrogens (tertiary/aromatic N) is 1. The summed E-state index contributed by atoms with van der Waals surface area (Å²) in [6.07, 6.45) is 5.56. The largest absolute Gasteiger partial charge is 0.490 e. The van der Waals surface area contributed by atoms with Crippen molar-refractivity contribution in [1.82, 2.24) is 0 Å². The minimum atomic E-state index is -0.631. The Morgan fingerprint density at radius 1 is 0.974 bits per heavy atom. The van der Waals surface area contributed by atoms with Crippen molar-refractivity contribution in [2.75, 3.05) is 58.6 Å². The molecular weight excluding hydrogens is 494 g/mol. The molecule has 0 saturated heterocycles. The summed E-state index contributed by atoms with van der Waals surface area (Å²) >= 11 is 0. The Labute approximate surface area is 234 Å². The average molecular weight is 542 g/mol. The van der Waals surface area contributed by atoms with E-state index in [4.69, 9.17) is 23.7 Å². The lowest BCUT2D eigenvalue weighted by atomic mass is 9.79. The highest BCUT2D eigenvalue weighted by atomic mass is 16.5. The number of aliphatic hydroxyl groups is 1. The molecule has 0 bridgehead atoms. The first kappa shape index (κ1) is 29.8. The Bertz CT molecular complexity index is 983. The number of hydrogen-bond donors (Lipinski definition) is 1. The maximum atomic E-state index is 10.2. The molecule has 1 aliphatic heterocycles. The molecule has 0 unspecified atom stereocenters. The normalized spacial score (nSPS) is 21.8. The van der Waals surface area contributed by atoms with E-state index in [0.717, 1.165) is 75.2 Å². The van der Waals surface area contributed by atoms with E-state index in [1.165, 1.54) is 11.1 Å². The zero-order valence-electron chi connectivity index (χ0n) is 24.0. The summed E-state index contributed by atoms with van der Waals surface area (Å²) in [4.78, 5) is 2.39. The molecule has 1 aliphatic carbocycles. The van der Waals surface area contributed by atoms with Gasteiger partial charge in [0.2, 0.25) is 0 Å². The Morgan fingerprint density at radius 3 is 2.49 bits per heavy atom. The van der Waals surface area contributed by atoms with E-state index in [-0.39, 0.29) is 31.3 Å². The zero-order valence-corrected chi connectivity index (χ0v) is 24.0. The molecule has 0 radical (unpaired) electrons. The van der Waals surface area contributed by atoms with Crippen molar-refractivity contribution in [3.8, 4) is 5.75 Å². The minimum Gasteiger partial charge on any atom is -0.490 e. The number of rotatable bonds is 15. The third-order valence-corrected chi connectivity index (χ3v) is 7.77. The number of methoxy groups -OCH3 is 2. The maximum Gasteiger partial charge on any atom is 0.142 e. The number of ether oxygens (including phenoxy) is 5. The number of aryl methyl sites for hydroxylation is 1. The van der Waals surface area contributed by atoms with Gasteiger partial charge in [0, 0.05) is 33.3 Å². The number of anilines is 1. The monoisotopic (exact) mass is 541 g/mol. The van der Waals surface area contributed by atoms with Crippen LogP contribution in [0, 0.1) is 0 Å². The highest BCUT2D eigenvalue weighted by Gasteiger charge is 2.36. The van der Waals surface area contributed by atoms with Crippen molar-refractivity contribution in [2.45, 2.75) is 76.3 Å². The van der Waals surface area contributed by atoms with Crippen molar-refractivity contribution >= 4 is 5.69 Å². The van der Waals surface area contributed by atoms with Crippen LogP contribution < -0.4 is 9.64 Å². The number of benzene rings is 2. The van der Waals surface area contributed by atoms with E-state index in [1.54, 1.807) is 14.2 Å². The van der Waals surface area contributed by atoms with Crippen LogP contribution in [0.4, 0.5) is 5.69 Å². The molecular formula is C32H47NO6. The van der Waals surface area contributed by atoms with Gasteiger partial charge in [0.05, 0.1) is 44.3 Å². The topological polar surface area (TPSA) is 69.6 Å². The molecule has 2 aromatic rings. The fraction of sp³-hybridized carbons (Fsp3) is 0.625. The quantitative estimate of drug-likeness (QED) is 0.314. The van der Waals surface area contributed by atoms with Crippen molar-refractivity contribution in [3.63, 3.8) is 0 Å². The van der Waals surface area contributed by atoms with Gasteiger partial charge >= 0.3 is 0 Å². The molecule has 2 aromatic carbocycles. The second-order valence-electron chi connectivity index (χ2n) is 10.8. The molecule has 1 saturated carbocycles. The van der Waals surface area contributed by atoms with Gasteiger partial charge in [-0.15, -0.1) is 0 Å². The molecule has 1 fully saturated rings. The second kappa shape index (κ2) is 15.6. The van der Waals surface area contributed by atoms with Crippen molar-refractivity contribution in [1.29, 1.82) is 0 Å². The molecule has 216 valence electrons.